The van der Waals surface area contributed by atoms with Gasteiger partial charge in [-0.3, -0.25) is 0 Å². The van der Waals surface area contributed by atoms with Crippen LogP contribution in [0.5, 0.6) is 0 Å². The van der Waals surface area contributed by atoms with E-state index in [9.17, 15) is 13.2 Å². The highest BCUT2D eigenvalue weighted by molar-refractivity contribution is 5.84. The fourth-order valence-corrected chi connectivity index (χ4v) is 3.83. The predicted molar refractivity (Wildman–Crippen MR) is 101 cm³/mol. The molecule has 0 spiro atoms. The molecule has 1 aliphatic heterocycles. The van der Waals surface area contributed by atoms with Crippen LogP contribution in [0, 0.1) is 0 Å². The molecule has 0 radical (unpaired) electrons. The molecule has 2 heterocycles. The molecule has 1 fully saturated rings. The van der Waals surface area contributed by atoms with E-state index >= 15 is 0 Å². The number of hydrogen-bond donors (Lipinski definition) is 0. The quantitative estimate of drug-likeness (QED) is 0.546. The van der Waals surface area contributed by atoms with Crippen molar-refractivity contribution in [3.8, 4) is 11.1 Å². The zero-order valence-corrected chi connectivity index (χ0v) is 15.2. The summed E-state index contributed by atoms with van der Waals surface area (Å²) in [5.41, 5.74) is 1.83. The molecule has 1 saturated heterocycles. The second kappa shape index (κ2) is 7.04. The Labute approximate surface area is 156 Å². The fourth-order valence-electron chi connectivity index (χ4n) is 3.83. The van der Waals surface area contributed by atoms with Crippen molar-refractivity contribution in [3.63, 3.8) is 0 Å². The van der Waals surface area contributed by atoms with Crippen LogP contribution in [0.4, 0.5) is 13.2 Å². The van der Waals surface area contributed by atoms with Gasteiger partial charge in [-0.2, -0.15) is 13.2 Å². The molecule has 1 aromatic heterocycles. The Bertz CT molecular complexity index is 927. The van der Waals surface area contributed by atoms with Gasteiger partial charge in [0.05, 0.1) is 5.56 Å². The van der Waals surface area contributed by atoms with E-state index < -0.39 is 11.7 Å². The summed E-state index contributed by atoms with van der Waals surface area (Å²) in [4.78, 5) is 2.49. The van der Waals surface area contributed by atoms with E-state index in [1.807, 2.05) is 24.3 Å². The number of furan rings is 1. The lowest BCUT2D eigenvalue weighted by Crippen LogP contribution is -2.28. The number of hydrogen-bond acceptors (Lipinski definition) is 2. The number of nitrogens with zero attached hydrogens (tertiary/aromatic N) is 1. The van der Waals surface area contributed by atoms with Crippen LogP contribution < -0.4 is 0 Å². The summed E-state index contributed by atoms with van der Waals surface area (Å²) in [7, 11) is 0. The monoisotopic (exact) mass is 373 g/mol. The largest absolute Gasteiger partial charge is 0.461 e. The van der Waals surface area contributed by atoms with E-state index in [-0.39, 0.29) is 0 Å². The van der Waals surface area contributed by atoms with E-state index in [1.54, 1.807) is 0 Å². The average molecular weight is 373 g/mol. The van der Waals surface area contributed by atoms with E-state index in [2.05, 4.69) is 11.8 Å². The van der Waals surface area contributed by atoms with Crippen molar-refractivity contribution in [3.05, 3.63) is 59.9 Å². The molecular formula is C22H22F3NO. The highest BCUT2D eigenvalue weighted by atomic mass is 19.4. The SMILES string of the molecule is C[C@@H]1CCCN1CCc1cc2cc(-c3ccc(C(F)(F)F)cc3)ccc2o1. The lowest BCUT2D eigenvalue weighted by atomic mass is 10.0. The van der Waals surface area contributed by atoms with Crippen LogP contribution >= 0.6 is 0 Å². The maximum absolute atomic E-state index is 12.7. The van der Waals surface area contributed by atoms with Crippen LogP contribution in [-0.2, 0) is 12.6 Å². The summed E-state index contributed by atoms with van der Waals surface area (Å²) >= 11 is 0. The molecule has 5 heteroatoms. The lowest BCUT2D eigenvalue weighted by Gasteiger charge is -2.19. The Balaban J connectivity index is 1.52. The maximum atomic E-state index is 12.7. The number of halogens is 3. The first-order chi connectivity index (χ1) is 12.9. The predicted octanol–water partition coefficient (Wildman–Crippen LogP) is 6.15. The van der Waals surface area contributed by atoms with Crippen LogP contribution in [0.1, 0.15) is 31.1 Å². The van der Waals surface area contributed by atoms with Crippen molar-refractivity contribution in [1.29, 1.82) is 0 Å². The molecule has 27 heavy (non-hydrogen) atoms. The second-order valence-corrected chi connectivity index (χ2v) is 7.32. The zero-order valence-electron chi connectivity index (χ0n) is 15.2. The van der Waals surface area contributed by atoms with Crippen molar-refractivity contribution in [2.75, 3.05) is 13.1 Å². The normalized spacial score (nSPS) is 18.4. The van der Waals surface area contributed by atoms with E-state index in [0.29, 0.717) is 6.04 Å². The maximum Gasteiger partial charge on any atom is 0.416 e. The Kier molecular flexibility index (Phi) is 4.72. The zero-order chi connectivity index (χ0) is 19.0. The molecule has 1 aliphatic rings. The molecule has 0 N–H and O–H groups in total. The van der Waals surface area contributed by atoms with E-state index in [4.69, 9.17) is 4.42 Å². The van der Waals surface area contributed by atoms with Gasteiger partial charge in [0.1, 0.15) is 11.3 Å². The third kappa shape index (κ3) is 3.88. The summed E-state index contributed by atoms with van der Waals surface area (Å²) in [6, 6.07) is 13.7. The molecular weight excluding hydrogens is 351 g/mol. The number of fused-ring (bicyclic) bond motifs is 1. The smallest absolute Gasteiger partial charge is 0.416 e. The molecule has 1 atom stereocenters. The van der Waals surface area contributed by atoms with Crippen molar-refractivity contribution < 1.29 is 17.6 Å². The lowest BCUT2D eigenvalue weighted by molar-refractivity contribution is -0.137. The van der Waals surface area contributed by atoms with Crippen molar-refractivity contribution >= 4 is 11.0 Å². The highest BCUT2D eigenvalue weighted by Gasteiger charge is 2.30. The van der Waals surface area contributed by atoms with Crippen LogP contribution in [0.2, 0.25) is 0 Å². The molecule has 0 aliphatic carbocycles. The minimum absolute atomic E-state index is 0.630. The summed E-state index contributed by atoms with van der Waals surface area (Å²) in [6.45, 7) is 4.41. The Morgan fingerprint density at radius 2 is 1.78 bits per heavy atom. The van der Waals surface area contributed by atoms with E-state index in [1.165, 1.54) is 25.0 Å². The first kappa shape index (κ1) is 18.1. The first-order valence-electron chi connectivity index (χ1n) is 9.34. The van der Waals surface area contributed by atoms with Crippen molar-refractivity contribution in [2.45, 2.75) is 38.4 Å². The molecule has 0 unspecified atom stereocenters. The number of likely N-dealkylation sites (tertiary alicyclic amines) is 1. The third-order valence-corrected chi connectivity index (χ3v) is 5.45. The van der Waals surface area contributed by atoms with Gasteiger partial charge < -0.3 is 9.32 Å². The number of alkyl halides is 3. The Morgan fingerprint density at radius 3 is 2.44 bits per heavy atom. The molecule has 3 aromatic rings. The van der Waals surface area contributed by atoms with Gasteiger partial charge in [0, 0.05) is 24.4 Å². The van der Waals surface area contributed by atoms with Gasteiger partial charge in [0.2, 0.25) is 0 Å². The van der Waals surface area contributed by atoms with Crippen LogP contribution in [-0.4, -0.2) is 24.0 Å². The number of benzene rings is 2. The van der Waals surface area contributed by atoms with Crippen LogP contribution in [0.25, 0.3) is 22.1 Å². The minimum Gasteiger partial charge on any atom is -0.461 e. The minimum atomic E-state index is -4.31. The topological polar surface area (TPSA) is 16.4 Å². The standard InChI is InChI=1S/C22H22F3NO/c1-15-3-2-11-26(15)12-10-20-14-18-13-17(6-9-21(18)27-20)16-4-7-19(8-5-16)22(23,24)25/h4-9,13-15H,2-3,10-12H2,1H3/t15-/m1/s1. The van der Waals surface area contributed by atoms with Gasteiger partial charge >= 0.3 is 6.18 Å². The van der Waals surface area contributed by atoms with Gasteiger partial charge in [-0.25, -0.2) is 0 Å². The molecule has 0 bridgehead atoms. The second-order valence-electron chi connectivity index (χ2n) is 7.32. The Morgan fingerprint density at radius 1 is 1.04 bits per heavy atom. The molecule has 0 amide bonds. The average Bonchev–Trinajstić information content (AvgIpc) is 3.24. The van der Waals surface area contributed by atoms with Gasteiger partial charge in [-0.15, -0.1) is 0 Å². The summed E-state index contributed by atoms with van der Waals surface area (Å²) in [6.07, 6.45) is -0.919. The highest BCUT2D eigenvalue weighted by Crippen LogP contribution is 2.32. The summed E-state index contributed by atoms with van der Waals surface area (Å²) in [5, 5.41) is 0.983. The molecule has 0 saturated carbocycles. The summed E-state index contributed by atoms with van der Waals surface area (Å²) in [5.74, 6) is 0.952. The molecule has 2 nitrogen and oxygen atoms in total. The van der Waals surface area contributed by atoms with Crippen molar-refractivity contribution in [2.24, 2.45) is 0 Å². The van der Waals surface area contributed by atoms with Crippen LogP contribution in [0.15, 0.2) is 52.9 Å². The fraction of sp³-hybridized carbons (Fsp3) is 0.364. The van der Waals surface area contributed by atoms with Gasteiger partial charge in [0.25, 0.3) is 0 Å². The summed E-state index contributed by atoms with van der Waals surface area (Å²) < 4.78 is 44.1. The number of rotatable bonds is 4. The third-order valence-electron chi connectivity index (χ3n) is 5.45. The van der Waals surface area contributed by atoms with Gasteiger partial charge in [-0.05, 0) is 67.8 Å². The Hall–Kier alpha value is -2.27. The first-order valence-corrected chi connectivity index (χ1v) is 9.34. The molecule has 142 valence electrons. The van der Waals surface area contributed by atoms with E-state index in [0.717, 1.165) is 59.5 Å². The molecule has 2 aromatic carbocycles. The van der Waals surface area contributed by atoms with Crippen molar-refractivity contribution in [1.82, 2.24) is 4.90 Å². The van der Waals surface area contributed by atoms with Crippen LogP contribution in [0.3, 0.4) is 0 Å². The van der Waals surface area contributed by atoms with Gasteiger partial charge in [0.15, 0.2) is 0 Å². The van der Waals surface area contributed by atoms with Gasteiger partial charge in [-0.1, -0.05) is 18.2 Å². The molecule has 4 rings (SSSR count).